The molecule has 1 N–H and O–H groups in total. The first-order chi connectivity index (χ1) is 13.8. The Morgan fingerprint density at radius 1 is 0.690 bits per heavy atom. The summed E-state index contributed by atoms with van der Waals surface area (Å²) in [6.07, 6.45) is 0. The van der Waals surface area contributed by atoms with E-state index in [1.54, 1.807) is 0 Å². The number of benzene rings is 3. The van der Waals surface area contributed by atoms with Gasteiger partial charge in [-0.25, -0.2) is 0 Å². The van der Waals surface area contributed by atoms with E-state index in [2.05, 4.69) is 82.3 Å². The van der Waals surface area contributed by atoms with Crippen molar-refractivity contribution in [2.45, 2.75) is 45.5 Å². The number of aliphatic hydroxyl groups is 1. The molecule has 0 aromatic heterocycles. The van der Waals surface area contributed by atoms with E-state index in [0.717, 1.165) is 33.3 Å². The lowest BCUT2D eigenvalue weighted by atomic mass is 9.78. The summed E-state index contributed by atoms with van der Waals surface area (Å²) in [4.78, 5) is 0. The van der Waals surface area contributed by atoms with Crippen LogP contribution in [0.5, 0.6) is 0 Å². The van der Waals surface area contributed by atoms with Crippen LogP contribution in [-0.2, 0) is 15.9 Å². The maximum atomic E-state index is 9.43. The molecule has 0 spiro atoms. The molecule has 3 aromatic rings. The Bertz CT molecular complexity index is 1010. The highest BCUT2D eigenvalue weighted by Crippen LogP contribution is 2.36. The van der Waals surface area contributed by atoms with E-state index >= 15 is 0 Å². The van der Waals surface area contributed by atoms with Gasteiger partial charge >= 0.3 is 7.12 Å². The predicted octanol–water partition coefficient (Wildman–Crippen LogP) is 4.81. The Kier molecular flexibility index (Phi) is 5.11. The van der Waals surface area contributed by atoms with Crippen LogP contribution in [0.25, 0.3) is 22.3 Å². The van der Waals surface area contributed by atoms with Crippen LogP contribution in [0, 0.1) is 0 Å². The van der Waals surface area contributed by atoms with Crippen LogP contribution >= 0.6 is 0 Å². The highest BCUT2D eigenvalue weighted by atomic mass is 16.7. The Morgan fingerprint density at radius 3 is 1.76 bits per heavy atom. The van der Waals surface area contributed by atoms with Crippen LogP contribution in [0.15, 0.2) is 72.8 Å². The van der Waals surface area contributed by atoms with E-state index in [1.807, 2.05) is 18.2 Å². The molecule has 29 heavy (non-hydrogen) atoms. The van der Waals surface area contributed by atoms with Crippen LogP contribution in [0.4, 0.5) is 0 Å². The molecule has 3 aromatic carbocycles. The maximum Gasteiger partial charge on any atom is 0.494 e. The van der Waals surface area contributed by atoms with Crippen molar-refractivity contribution in [3.05, 3.63) is 78.4 Å². The Balaban J connectivity index is 1.66. The molecule has 1 heterocycles. The fraction of sp³-hybridized carbons (Fsp3) is 0.280. The molecule has 1 fully saturated rings. The van der Waals surface area contributed by atoms with Crippen molar-refractivity contribution >= 4 is 12.6 Å². The van der Waals surface area contributed by atoms with Gasteiger partial charge in [0, 0.05) is 0 Å². The zero-order chi connectivity index (χ0) is 20.6. The lowest BCUT2D eigenvalue weighted by Crippen LogP contribution is -2.41. The summed E-state index contributed by atoms with van der Waals surface area (Å²) in [7, 11) is -0.371. The van der Waals surface area contributed by atoms with Gasteiger partial charge in [0.1, 0.15) is 0 Å². The first kappa shape index (κ1) is 19.9. The smallest absolute Gasteiger partial charge is 0.399 e. The summed E-state index contributed by atoms with van der Waals surface area (Å²) in [5.74, 6) is 0. The Labute approximate surface area is 173 Å². The Hall–Kier alpha value is -2.40. The van der Waals surface area contributed by atoms with Gasteiger partial charge in [0.15, 0.2) is 0 Å². The first-order valence-electron chi connectivity index (χ1n) is 10.1. The summed E-state index contributed by atoms with van der Waals surface area (Å²) < 4.78 is 12.4. The van der Waals surface area contributed by atoms with Gasteiger partial charge in [-0.05, 0) is 73.1 Å². The number of rotatable bonds is 4. The highest BCUT2D eigenvalue weighted by Gasteiger charge is 2.51. The van der Waals surface area contributed by atoms with E-state index in [1.165, 1.54) is 0 Å². The van der Waals surface area contributed by atoms with Gasteiger partial charge in [0.2, 0.25) is 0 Å². The van der Waals surface area contributed by atoms with Crippen molar-refractivity contribution in [3.63, 3.8) is 0 Å². The molecule has 4 heteroatoms. The molecule has 4 rings (SSSR count). The standard InChI is InChI=1S/C25H27BO3/c1-24(2)25(3,4)29-26(28-24)23-13-7-12-22(16-23)21-11-6-10-20(15-21)19-9-5-8-18(14-19)17-27/h5-16,27H,17H2,1-4H3. The molecule has 1 aliphatic rings. The van der Waals surface area contributed by atoms with E-state index in [0.29, 0.717) is 0 Å². The fourth-order valence-corrected chi connectivity index (χ4v) is 3.57. The molecule has 1 saturated heterocycles. The van der Waals surface area contributed by atoms with Crippen molar-refractivity contribution in [3.8, 4) is 22.3 Å². The van der Waals surface area contributed by atoms with Crippen molar-refractivity contribution in [2.24, 2.45) is 0 Å². The third kappa shape index (κ3) is 3.88. The van der Waals surface area contributed by atoms with Crippen LogP contribution in [0.1, 0.15) is 33.3 Å². The third-order valence-corrected chi connectivity index (χ3v) is 6.05. The van der Waals surface area contributed by atoms with Crippen molar-refractivity contribution in [1.82, 2.24) is 0 Å². The normalized spacial score (nSPS) is 17.5. The minimum Gasteiger partial charge on any atom is -0.399 e. The molecule has 0 bridgehead atoms. The lowest BCUT2D eigenvalue weighted by Gasteiger charge is -2.32. The van der Waals surface area contributed by atoms with Crippen LogP contribution < -0.4 is 5.46 Å². The number of hydrogen-bond acceptors (Lipinski definition) is 3. The van der Waals surface area contributed by atoms with Gasteiger partial charge in [-0.1, -0.05) is 60.7 Å². The first-order valence-corrected chi connectivity index (χ1v) is 10.1. The topological polar surface area (TPSA) is 38.7 Å². The van der Waals surface area contributed by atoms with Crippen molar-refractivity contribution in [1.29, 1.82) is 0 Å². The average Bonchev–Trinajstić information content (AvgIpc) is 2.95. The van der Waals surface area contributed by atoms with Gasteiger partial charge in [-0.15, -0.1) is 0 Å². The predicted molar refractivity (Wildman–Crippen MR) is 119 cm³/mol. The van der Waals surface area contributed by atoms with Crippen molar-refractivity contribution < 1.29 is 14.4 Å². The molecule has 0 saturated carbocycles. The minimum absolute atomic E-state index is 0.0453. The van der Waals surface area contributed by atoms with Gasteiger partial charge < -0.3 is 14.4 Å². The third-order valence-electron chi connectivity index (χ3n) is 6.05. The molecular formula is C25H27BO3. The Morgan fingerprint density at radius 2 is 1.17 bits per heavy atom. The number of hydrogen-bond donors (Lipinski definition) is 1. The molecule has 148 valence electrons. The van der Waals surface area contributed by atoms with E-state index in [4.69, 9.17) is 9.31 Å². The second-order valence-corrected chi connectivity index (χ2v) is 8.65. The van der Waals surface area contributed by atoms with Crippen LogP contribution in [0.3, 0.4) is 0 Å². The summed E-state index contributed by atoms with van der Waals surface area (Å²) >= 11 is 0. The molecule has 0 unspecified atom stereocenters. The van der Waals surface area contributed by atoms with Gasteiger partial charge in [0.25, 0.3) is 0 Å². The van der Waals surface area contributed by atoms with Crippen LogP contribution in [-0.4, -0.2) is 23.4 Å². The molecule has 0 atom stereocenters. The average molecular weight is 386 g/mol. The fourth-order valence-electron chi connectivity index (χ4n) is 3.57. The zero-order valence-electron chi connectivity index (χ0n) is 17.5. The van der Waals surface area contributed by atoms with E-state index < -0.39 is 0 Å². The lowest BCUT2D eigenvalue weighted by molar-refractivity contribution is 0.00578. The second-order valence-electron chi connectivity index (χ2n) is 8.65. The quantitative estimate of drug-likeness (QED) is 0.654. The van der Waals surface area contributed by atoms with E-state index in [9.17, 15) is 5.11 Å². The summed E-state index contributed by atoms with van der Waals surface area (Å²) in [5.41, 5.74) is 5.70. The second kappa shape index (κ2) is 7.45. The molecule has 3 nitrogen and oxygen atoms in total. The van der Waals surface area contributed by atoms with Gasteiger partial charge in [0.05, 0.1) is 17.8 Å². The SMILES string of the molecule is CC1(C)OB(c2cccc(-c3cccc(-c4cccc(CO)c4)c3)c2)OC1(C)C. The molecule has 0 amide bonds. The molecule has 0 aliphatic carbocycles. The summed E-state index contributed by atoms with van der Waals surface area (Å²) in [6.45, 7) is 8.33. The summed E-state index contributed by atoms with van der Waals surface area (Å²) in [5, 5.41) is 9.43. The summed E-state index contributed by atoms with van der Waals surface area (Å²) in [6, 6.07) is 24.8. The molecular weight excluding hydrogens is 359 g/mol. The van der Waals surface area contributed by atoms with Crippen molar-refractivity contribution in [2.75, 3.05) is 0 Å². The maximum absolute atomic E-state index is 9.43. The van der Waals surface area contributed by atoms with Gasteiger partial charge in [-0.3, -0.25) is 0 Å². The molecule has 0 radical (unpaired) electrons. The monoisotopic (exact) mass is 386 g/mol. The molecule has 1 aliphatic heterocycles. The van der Waals surface area contributed by atoms with Gasteiger partial charge in [-0.2, -0.15) is 0 Å². The zero-order valence-corrected chi connectivity index (χ0v) is 17.5. The number of aliphatic hydroxyl groups excluding tert-OH is 1. The van der Waals surface area contributed by atoms with E-state index in [-0.39, 0.29) is 24.9 Å². The van der Waals surface area contributed by atoms with Crippen LogP contribution in [0.2, 0.25) is 0 Å². The highest BCUT2D eigenvalue weighted by molar-refractivity contribution is 6.62. The minimum atomic E-state index is -0.371. The largest absolute Gasteiger partial charge is 0.494 e.